The van der Waals surface area contributed by atoms with E-state index >= 15 is 0 Å². The number of hydrogen-bond donors (Lipinski definition) is 3. The van der Waals surface area contributed by atoms with Crippen LogP contribution >= 0.6 is 0 Å². The van der Waals surface area contributed by atoms with Gasteiger partial charge >= 0.3 is 0 Å². The maximum absolute atomic E-state index is 5.70. The number of nitrogens with one attached hydrogen (secondary N) is 2. The Kier molecular flexibility index (Phi) is 4.42. The predicted molar refractivity (Wildman–Crippen MR) is 79.3 cm³/mol. The third-order valence-electron chi connectivity index (χ3n) is 3.50. The fourth-order valence-corrected chi connectivity index (χ4v) is 2.07. The quantitative estimate of drug-likeness (QED) is 0.690. The van der Waals surface area contributed by atoms with Crippen LogP contribution in [0.15, 0.2) is 6.07 Å². The molecule has 106 valence electrons. The first-order valence-electron chi connectivity index (χ1n) is 6.94. The van der Waals surface area contributed by atoms with Gasteiger partial charge in [0.2, 0.25) is 5.95 Å². The van der Waals surface area contributed by atoms with Gasteiger partial charge in [0.05, 0.1) is 0 Å². The lowest BCUT2D eigenvalue weighted by Gasteiger charge is -2.24. The van der Waals surface area contributed by atoms with Gasteiger partial charge in [-0.2, -0.15) is 9.97 Å². The summed E-state index contributed by atoms with van der Waals surface area (Å²) in [6.07, 6.45) is 2.65. The van der Waals surface area contributed by atoms with Crippen molar-refractivity contribution in [2.75, 3.05) is 36.5 Å². The topological polar surface area (TPSA) is 79.1 Å². The second-order valence-corrected chi connectivity index (χ2v) is 5.15. The molecule has 1 aliphatic carbocycles. The molecule has 0 radical (unpaired) electrons. The molecule has 4 N–H and O–H groups in total. The van der Waals surface area contributed by atoms with Crippen LogP contribution in [0.5, 0.6) is 0 Å². The highest BCUT2D eigenvalue weighted by Crippen LogP contribution is 2.27. The van der Waals surface area contributed by atoms with Gasteiger partial charge in [0.25, 0.3) is 0 Å². The Morgan fingerprint density at radius 2 is 2.00 bits per heavy atom. The minimum Gasteiger partial charge on any atom is -0.370 e. The van der Waals surface area contributed by atoms with Crippen molar-refractivity contribution in [3.05, 3.63) is 6.07 Å². The van der Waals surface area contributed by atoms with E-state index in [1.165, 1.54) is 12.8 Å². The van der Waals surface area contributed by atoms with Crippen LogP contribution in [0.4, 0.5) is 17.6 Å². The Labute approximate surface area is 114 Å². The highest BCUT2D eigenvalue weighted by atomic mass is 15.2. The van der Waals surface area contributed by atoms with E-state index in [-0.39, 0.29) is 0 Å². The second kappa shape index (κ2) is 6.06. The molecule has 1 heterocycles. The van der Waals surface area contributed by atoms with Crippen LogP contribution in [0.2, 0.25) is 0 Å². The zero-order valence-corrected chi connectivity index (χ0v) is 12.0. The third-order valence-corrected chi connectivity index (χ3v) is 3.50. The van der Waals surface area contributed by atoms with Crippen molar-refractivity contribution >= 4 is 17.6 Å². The molecule has 0 amide bonds. The fourth-order valence-electron chi connectivity index (χ4n) is 2.07. The maximum atomic E-state index is 5.70. The number of nitrogens with two attached hydrogens (primary N) is 1. The number of nitrogens with zero attached hydrogens (tertiary/aromatic N) is 3. The monoisotopic (exact) mass is 264 g/mol. The molecule has 0 aromatic carbocycles. The molecule has 0 saturated heterocycles. The first kappa shape index (κ1) is 13.9. The van der Waals surface area contributed by atoms with Crippen molar-refractivity contribution < 1.29 is 0 Å². The minimum absolute atomic E-state index is 0.296. The zero-order valence-electron chi connectivity index (χ0n) is 12.0. The van der Waals surface area contributed by atoms with Gasteiger partial charge in [0, 0.05) is 31.2 Å². The number of likely N-dealkylation sites (N-methyl/N-ethyl adjacent to an activating group) is 1. The summed E-state index contributed by atoms with van der Waals surface area (Å²) in [4.78, 5) is 10.8. The van der Waals surface area contributed by atoms with Crippen molar-refractivity contribution in [1.29, 1.82) is 0 Å². The molecule has 19 heavy (non-hydrogen) atoms. The van der Waals surface area contributed by atoms with E-state index in [1.54, 1.807) is 0 Å². The molecule has 0 aliphatic heterocycles. The summed E-state index contributed by atoms with van der Waals surface area (Å²) < 4.78 is 0. The molecule has 6 heteroatoms. The van der Waals surface area contributed by atoms with E-state index < -0.39 is 0 Å². The predicted octanol–water partition coefficient (Wildman–Crippen LogP) is 1.39. The van der Waals surface area contributed by atoms with Crippen molar-refractivity contribution in [3.8, 4) is 0 Å². The largest absolute Gasteiger partial charge is 0.370 e. The van der Waals surface area contributed by atoms with Crippen molar-refractivity contribution in [2.24, 2.45) is 0 Å². The molecule has 0 spiro atoms. The molecule has 2 rings (SSSR count). The SMILES string of the molecule is CCNc1cc(NCC(C)N(C)C2CC2)nc(N)n1. The summed E-state index contributed by atoms with van der Waals surface area (Å²) in [6, 6.07) is 3.14. The van der Waals surface area contributed by atoms with E-state index in [4.69, 9.17) is 5.73 Å². The van der Waals surface area contributed by atoms with Gasteiger partial charge in [-0.15, -0.1) is 0 Å². The van der Waals surface area contributed by atoms with Gasteiger partial charge in [0.1, 0.15) is 11.6 Å². The summed E-state index contributed by atoms with van der Waals surface area (Å²) in [5, 5.41) is 6.48. The molecule has 6 nitrogen and oxygen atoms in total. The van der Waals surface area contributed by atoms with Gasteiger partial charge in [-0.25, -0.2) is 0 Å². The average molecular weight is 264 g/mol. The molecular formula is C13H24N6. The Hall–Kier alpha value is -1.56. The van der Waals surface area contributed by atoms with Crippen LogP contribution in [0.25, 0.3) is 0 Å². The van der Waals surface area contributed by atoms with Crippen LogP contribution in [-0.2, 0) is 0 Å². The van der Waals surface area contributed by atoms with E-state index in [0.717, 1.165) is 30.8 Å². The highest BCUT2D eigenvalue weighted by Gasteiger charge is 2.28. The van der Waals surface area contributed by atoms with Crippen LogP contribution in [0.1, 0.15) is 26.7 Å². The van der Waals surface area contributed by atoms with E-state index in [0.29, 0.717) is 12.0 Å². The van der Waals surface area contributed by atoms with E-state index in [1.807, 2.05) is 13.0 Å². The molecule has 1 aromatic heterocycles. The van der Waals surface area contributed by atoms with Gasteiger partial charge < -0.3 is 16.4 Å². The molecular weight excluding hydrogens is 240 g/mol. The Bertz CT molecular complexity index is 418. The summed E-state index contributed by atoms with van der Waals surface area (Å²) in [5.74, 6) is 1.84. The molecule has 1 aliphatic rings. The normalized spacial score (nSPS) is 16.4. The van der Waals surface area contributed by atoms with Gasteiger partial charge in [-0.3, -0.25) is 4.90 Å². The lowest BCUT2D eigenvalue weighted by molar-refractivity contribution is 0.257. The number of nitrogen functional groups attached to an aromatic ring is 1. The standard InChI is InChI=1S/C13H24N6/c1-4-15-11-7-12(18-13(14)17-11)16-8-9(2)19(3)10-5-6-10/h7,9-10H,4-6,8H2,1-3H3,(H4,14,15,16,17,18). The molecule has 1 aromatic rings. The minimum atomic E-state index is 0.296. The highest BCUT2D eigenvalue weighted by molar-refractivity contribution is 5.50. The van der Waals surface area contributed by atoms with Gasteiger partial charge in [0.15, 0.2) is 0 Å². The molecule has 1 saturated carbocycles. The fraction of sp³-hybridized carbons (Fsp3) is 0.692. The van der Waals surface area contributed by atoms with E-state index in [9.17, 15) is 0 Å². The zero-order chi connectivity index (χ0) is 13.8. The Balaban J connectivity index is 1.90. The number of anilines is 3. The van der Waals surface area contributed by atoms with E-state index in [2.05, 4.69) is 39.5 Å². The van der Waals surface area contributed by atoms with Crippen LogP contribution in [0, 0.1) is 0 Å². The number of hydrogen-bond acceptors (Lipinski definition) is 6. The summed E-state index contributed by atoms with van der Waals surface area (Å²) in [7, 11) is 2.18. The summed E-state index contributed by atoms with van der Waals surface area (Å²) in [6.45, 7) is 5.92. The van der Waals surface area contributed by atoms with Crippen LogP contribution in [-0.4, -0.2) is 47.1 Å². The van der Waals surface area contributed by atoms with Gasteiger partial charge in [-0.05, 0) is 33.7 Å². The average Bonchev–Trinajstić information content (AvgIpc) is 3.19. The second-order valence-electron chi connectivity index (χ2n) is 5.15. The molecule has 1 atom stereocenters. The summed E-state index contributed by atoms with van der Waals surface area (Å²) >= 11 is 0. The smallest absolute Gasteiger partial charge is 0.223 e. The van der Waals surface area contributed by atoms with Crippen molar-refractivity contribution in [1.82, 2.24) is 14.9 Å². The molecule has 0 bridgehead atoms. The lowest BCUT2D eigenvalue weighted by Crippen LogP contribution is -2.36. The molecule has 1 unspecified atom stereocenters. The van der Waals surface area contributed by atoms with Crippen LogP contribution < -0.4 is 16.4 Å². The Morgan fingerprint density at radius 3 is 2.58 bits per heavy atom. The first-order valence-corrected chi connectivity index (χ1v) is 6.94. The third kappa shape index (κ3) is 3.96. The molecule has 1 fully saturated rings. The lowest BCUT2D eigenvalue weighted by atomic mass is 10.3. The van der Waals surface area contributed by atoms with Crippen LogP contribution in [0.3, 0.4) is 0 Å². The summed E-state index contributed by atoms with van der Waals surface area (Å²) in [5.41, 5.74) is 5.70. The first-order chi connectivity index (χ1) is 9.10. The van der Waals surface area contributed by atoms with Crippen molar-refractivity contribution in [2.45, 2.75) is 38.8 Å². The van der Waals surface area contributed by atoms with Gasteiger partial charge in [-0.1, -0.05) is 0 Å². The number of rotatable bonds is 7. The maximum Gasteiger partial charge on any atom is 0.223 e. The van der Waals surface area contributed by atoms with Crippen molar-refractivity contribution in [3.63, 3.8) is 0 Å². The number of aromatic nitrogens is 2. The Morgan fingerprint density at radius 1 is 1.37 bits per heavy atom.